The lowest BCUT2D eigenvalue weighted by atomic mass is 9.79. The summed E-state index contributed by atoms with van der Waals surface area (Å²) in [4.78, 5) is 0. The van der Waals surface area contributed by atoms with E-state index in [0.717, 1.165) is 63.5 Å². The van der Waals surface area contributed by atoms with Crippen LogP contribution in [0.4, 0.5) is 13.2 Å². The van der Waals surface area contributed by atoms with Crippen molar-refractivity contribution in [3.8, 4) is 6.07 Å². The van der Waals surface area contributed by atoms with Crippen LogP contribution in [0.15, 0.2) is 36.4 Å². The number of benzene rings is 1. The smallest absolute Gasteiger partial charge is 0.378 e. The molecule has 0 N–H and O–H groups in total. The van der Waals surface area contributed by atoms with Crippen molar-refractivity contribution in [3.05, 3.63) is 47.5 Å². The minimum absolute atomic E-state index is 0.333. The Balaban J connectivity index is 1.38. The van der Waals surface area contributed by atoms with Crippen LogP contribution in [0.3, 0.4) is 0 Å². The van der Waals surface area contributed by atoms with Gasteiger partial charge in [0.2, 0.25) is 0 Å². The van der Waals surface area contributed by atoms with Gasteiger partial charge in [-0.1, -0.05) is 18.2 Å². The van der Waals surface area contributed by atoms with Gasteiger partial charge < -0.3 is 4.74 Å². The number of hydrogen-bond donors (Lipinski definition) is 0. The zero-order valence-electron chi connectivity index (χ0n) is 16.1. The Hall–Kier alpha value is -1.80. The number of rotatable bonds is 5. The Bertz CT molecular complexity index is 673. The normalized spacial score (nSPS) is 28.9. The molecule has 0 saturated heterocycles. The lowest BCUT2D eigenvalue weighted by Gasteiger charge is -2.32. The highest BCUT2D eigenvalue weighted by atomic mass is 19.4. The second-order valence-electron chi connectivity index (χ2n) is 8.20. The first-order valence-electron chi connectivity index (χ1n) is 10.3. The fraction of sp³-hybridized carbons (Fsp3) is 0.609. The Morgan fingerprint density at radius 3 is 2.18 bits per heavy atom. The van der Waals surface area contributed by atoms with Crippen LogP contribution in [0.2, 0.25) is 0 Å². The Morgan fingerprint density at radius 2 is 1.61 bits per heavy atom. The highest BCUT2D eigenvalue weighted by Gasteiger charge is 2.31. The lowest BCUT2D eigenvalue weighted by Crippen LogP contribution is -2.25. The van der Waals surface area contributed by atoms with Gasteiger partial charge in [0.15, 0.2) is 0 Å². The fourth-order valence-electron chi connectivity index (χ4n) is 4.51. The SMILES string of the molecule is N#C/C=C/C1CCC(OCC2CCC(c3ccc(C(F)(F)F)cc3)CC2)CC1. The molecule has 3 rings (SSSR count). The summed E-state index contributed by atoms with van der Waals surface area (Å²) in [5.41, 5.74) is 0.451. The van der Waals surface area contributed by atoms with E-state index in [2.05, 4.69) is 6.07 Å². The molecule has 0 aliphatic heterocycles. The Labute approximate surface area is 165 Å². The molecule has 0 spiro atoms. The molecule has 5 heteroatoms. The second-order valence-corrected chi connectivity index (χ2v) is 8.20. The molecule has 0 atom stereocenters. The molecule has 152 valence electrons. The summed E-state index contributed by atoms with van der Waals surface area (Å²) in [6, 6.07) is 7.74. The summed E-state index contributed by atoms with van der Waals surface area (Å²) >= 11 is 0. The topological polar surface area (TPSA) is 33.0 Å². The average Bonchev–Trinajstić information content (AvgIpc) is 2.71. The monoisotopic (exact) mass is 391 g/mol. The van der Waals surface area contributed by atoms with E-state index < -0.39 is 11.7 Å². The van der Waals surface area contributed by atoms with Crippen LogP contribution in [0.5, 0.6) is 0 Å². The first-order valence-corrected chi connectivity index (χ1v) is 10.3. The van der Waals surface area contributed by atoms with Gasteiger partial charge in [-0.05, 0) is 86.8 Å². The van der Waals surface area contributed by atoms with E-state index in [-0.39, 0.29) is 0 Å². The molecule has 28 heavy (non-hydrogen) atoms. The van der Waals surface area contributed by atoms with Crippen molar-refractivity contribution < 1.29 is 17.9 Å². The van der Waals surface area contributed by atoms with Crippen LogP contribution < -0.4 is 0 Å². The zero-order chi connectivity index (χ0) is 20.0. The summed E-state index contributed by atoms with van der Waals surface area (Å²) < 4.78 is 44.2. The molecule has 2 saturated carbocycles. The summed E-state index contributed by atoms with van der Waals surface area (Å²) in [5.74, 6) is 1.43. The molecule has 2 fully saturated rings. The summed E-state index contributed by atoms with van der Waals surface area (Å²) in [5, 5.41) is 8.61. The van der Waals surface area contributed by atoms with E-state index in [1.54, 1.807) is 18.2 Å². The van der Waals surface area contributed by atoms with E-state index >= 15 is 0 Å². The van der Waals surface area contributed by atoms with E-state index in [0.29, 0.717) is 23.9 Å². The van der Waals surface area contributed by atoms with Gasteiger partial charge in [-0.25, -0.2) is 0 Å². The van der Waals surface area contributed by atoms with Crippen molar-refractivity contribution in [2.75, 3.05) is 6.61 Å². The second kappa shape index (κ2) is 9.60. The van der Waals surface area contributed by atoms with Gasteiger partial charge in [-0.2, -0.15) is 18.4 Å². The molecular formula is C23H28F3NO. The molecule has 2 nitrogen and oxygen atoms in total. The number of hydrogen-bond acceptors (Lipinski definition) is 2. The largest absolute Gasteiger partial charge is 0.416 e. The number of halogens is 3. The molecule has 1 aromatic rings. The first kappa shape index (κ1) is 20.9. The molecule has 0 aromatic heterocycles. The number of nitrogens with zero attached hydrogens (tertiary/aromatic N) is 1. The molecule has 2 aliphatic carbocycles. The maximum atomic E-state index is 12.7. The van der Waals surface area contributed by atoms with Crippen LogP contribution in [0.1, 0.15) is 68.4 Å². The van der Waals surface area contributed by atoms with Crippen molar-refractivity contribution in [2.24, 2.45) is 11.8 Å². The fourth-order valence-corrected chi connectivity index (χ4v) is 4.51. The third-order valence-electron chi connectivity index (χ3n) is 6.29. The van der Waals surface area contributed by atoms with Crippen LogP contribution in [-0.4, -0.2) is 12.7 Å². The van der Waals surface area contributed by atoms with Gasteiger partial charge in [-0.3, -0.25) is 0 Å². The van der Waals surface area contributed by atoms with Gasteiger partial charge in [0.1, 0.15) is 0 Å². The van der Waals surface area contributed by atoms with E-state index in [1.165, 1.54) is 12.1 Å². The number of ether oxygens (including phenoxy) is 1. The van der Waals surface area contributed by atoms with Gasteiger partial charge in [0.05, 0.1) is 17.7 Å². The first-order chi connectivity index (χ1) is 13.5. The third kappa shape index (κ3) is 5.85. The Morgan fingerprint density at radius 1 is 0.964 bits per heavy atom. The minimum Gasteiger partial charge on any atom is -0.378 e. The average molecular weight is 391 g/mol. The van der Waals surface area contributed by atoms with Crippen molar-refractivity contribution in [1.29, 1.82) is 5.26 Å². The maximum Gasteiger partial charge on any atom is 0.416 e. The number of allylic oxidation sites excluding steroid dienone is 2. The quantitative estimate of drug-likeness (QED) is 0.528. The molecule has 2 aliphatic rings. The number of nitriles is 1. The molecule has 0 amide bonds. The minimum atomic E-state index is -4.27. The van der Waals surface area contributed by atoms with Crippen LogP contribution >= 0.6 is 0 Å². The van der Waals surface area contributed by atoms with Gasteiger partial charge in [0.25, 0.3) is 0 Å². The predicted octanol–water partition coefficient (Wildman–Crippen LogP) is 6.63. The standard InChI is InChI=1S/C23H28F3NO/c24-23(25,26)21-11-9-20(10-12-21)19-7-3-18(4-8-19)16-28-22-13-5-17(6-14-22)2-1-15-27/h1-2,9-12,17-19,22H,3-8,13-14,16H2/b2-1+. The van der Waals surface area contributed by atoms with Crippen molar-refractivity contribution in [1.82, 2.24) is 0 Å². The van der Waals surface area contributed by atoms with Crippen molar-refractivity contribution in [3.63, 3.8) is 0 Å². The van der Waals surface area contributed by atoms with E-state index in [9.17, 15) is 13.2 Å². The highest BCUT2D eigenvalue weighted by Crippen LogP contribution is 2.38. The number of alkyl halides is 3. The van der Waals surface area contributed by atoms with Crippen LogP contribution in [0, 0.1) is 23.2 Å². The molecule has 0 unspecified atom stereocenters. The van der Waals surface area contributed by atoms with Gasteiger partial charge >= 0.3 is 6.18 Å². The predicted molar refractivity (Wildman–Crippen MR) is 103 cm³/mol. The summed E-state index contributed by atoms with van der Waals surface area (Å²) in [7, 11) is 0. The van der Waals surface area contributed by atoms with Crippen molar-refractivity contribution in [2.45, 2.75) is 69.6 Å². The molecule has 1 aromatic carbocycles. The highest BCUT2D eigenvalue weighted by molar-refractivity contribution is 5.27. The molecular weight excluding hydrogens is 363 g/mol. The summed E-state index contributed by atoms with van der Waals surface area (Å²) in [6.07, 6.45) is 8.14. The van der Waals surface area contributed by atoms with E-state index in [4.69, 9.17) is 10.00 Å². The van der Waals surface area contributed by atoms with Gasteiger partial charge in [0, 0.05) is 12.7 Å². The molecule has 0 bridgehead atoms. The van der Waals surface area contributed by atoms with Crippen LogP contribution in [0.25, 0.3) is 0 Å². The molecule has 0 heterocycles. The Kier molecular flexibility index (Phi) is 7.18. The summed E-state index contributed by atoms with van der Waals surface area (Å²) in [6.45, 7) is 0.795. The van der Waals surface area contributed by atoms with E-state index in [1.807, 2.05) is 6.08 Å². The van der Waals surface area contributed by atoms with Crippen LogP contribution in [-0.2, 0) is 10.9 Å². The van der Waals surface area contributed by atoms with Gasteiger partial charge in [-0.15, -0.1) is 0 Å². The van der Waals surface area contributed by atoms with Crippen molar-refractivity contribution >= 4 is 0 Å². The third-order valence-corrected chi connectivity index (χ3v) is 6.29. The molecule has 0 radical (unpaired) electrons. The lowest BCUT2D eigenvalue weighted by molar-refractivity contribution is -0.137. The maximum absolute atomic E-state index is 12.7. The zero-order valence-corrected chi connectivity index (χ0v) is 16.1.